The predicted octanol–water partition coefficient (Wildman–Crippen LogP) is 3.19. The van der Waals surface area contributed by atoms with Crippen molar-refractivity contribution in [2.45, 2.75) is 39.7 Å². The highest BCUT2D eigenvalue weighted by Crippen LogP contribution is 2.19. The maximum Gasteiger partial charge on any atom is 0.253 e. The molecule has 0 radical (unpaired) electrons. The Labute approximate surface area is 119 Å². The normalized spacial score (nSPS) is 13.8. The fourth-order valence-corrected chi connectivity index (χ4v) is 1.84. The van der Waals surface area contributed by atoms with E-state index in [0.29, 0.717) is 18.2 Å². The molecule has 0 fully saturated rings. The molecule has 0 aliphatic heterocycles. The zero-order valence-corrected chi connectivity index (χ0v) is 12.3. The molecular weight excluding hydrogens is 259 g/mol. The molecule has 0 heterocycles. The number of carbonyl (C=O) groups is 1. The lowest BCUT2D eigenvalue weighted by molar-refractivity contribution is -0.127. The average Bonchev–Trinajstić information content (AvgIpc) is 2.39. The van der Waals surface area contributed by atoms with E-state index < -0.39 is 11.9 Å². The Morgan fingerprint density at radius 3 is 2.75 bits per heavy atom. The molecule has 3 N–H and O–H groups in total. The summed E-state index contributed by atoms with van der Waals surface area (Å²) in [7, 11) is 0. The molecule has 0 saturated carbocycles. The van der Waals surface area contributed by atoms with E-state index >= 15 is 0 Å². The van der Waals surface area contributed by atoms with Gasteiger partial charge in [-0.25, -0.2) is 4.39 Å². The minimum atomic E-state index is -0.571. The summed E-state index contributed by atoms with van der Waals surface area (Å²) in [6, 6.07) is 3.86. The van der Waals surface area contributed by atoms with Crippen molar-refractivity contribution in [2.24, 2.45) is 5.92 Å². The van der Waals surface area contributed by atoms with Gasteiger partial charge in [-0.1, -0.05) is 20.3 Å². The first-order chi connectivity index (χ1) is 9.43. The molecule has 0 aliphatic rings. The highest BCUT2D eigenvalue weighted by Gasteiger charge is 2.16. The number of nitrogens with two attached hydrogens (primary N) is 1. The van der Waals surface area contributed by atoms with Gasteiger partial charge in [-0.05, 0) is 37.5 Å². The Hall–Kier alpha value is -1.62. The van der Waals surface area contributed by atoms with Gasteiger partial charge in [0.2, 0.25) is 0 Å². The zero-order chi connectivity index (χ0) is 15.1. The maximum atomic E-state index is 12.9. The van der Waals surface area contributed by atoms with E-state index in [2.05, 4.69) is 19.2 Å². The van der Waals surface area contributed by atoms with E-state index in [1.807, 2.05) is 0 Å². The number of anilines is 2. The van der Waals surface area contributed by atoms with Gasteiger partial charge in [0.05, 0.1) is 18.0 Å². The van der Waals surface area contributed by atoms with E-state index in [9.17, 15) is 9.18 Å². The molecule has 0 aliphatic carbocycles. The third kappa shape index (κ3) is 5.17. The van der Waals surface area contributed by atoms with Gasteiger partial charge in [0.1, 0.15) is 11.9 Å². The van der Waals surface area contributed by atoms with Crippen molar-refractivity contribution in [3.05, 3.63) is 24.0 Å². The van der Waals surface area contributed by atoms with Gasteiger partial charge in [0.25, 0.3) is 5.91 Å². The standard InChI is InChI=1S/C15H23FN2O2/c1-4-5-10(2)9-20-11(3)15(19)18-14-7-6-12(16)8-13(14)17/h6-8,10-11H,4-5,9,17H2,1-3H3,(H,18,19). The Morgan fingerprint density at radius 1 is 1.45 bits per heavy atom. The van der Waals surface area contributed by atoms with Crippen molar-refractivity contribution < 1.29 is 13.9 Å². The molecule has 4 nitrogen and oxygen atoms in total. The van der Waals surface area contributed by atoms with E-state index in [1.54, 1.807) is 6.92 Å². The smallest absolute Gasteiger partial charge is 0.253 e. The van der Waals surface area contributed by atoms with Gasteiger partial charge in [-0.2, -0.15) is 0 Å². The summed E-state index contributed by atoms with van der Waals surface area (Å²) in [5.74, 6) is -0.295. The summed E-state index contributed by atoms with van der Waals surface area (Å²) in [4.78, 5) is 11.9. The van der Waals surface area contributed by atoms with Gasteiger partial charge >= 0.3 is 0 Å². The minimum absolute atomic E-state index is 0.199. The largest absolute Gasteiger partial charge is 0.397 e. The molecule has 20 heavy (non-hydrogen) atoms. The monoisotopic (exact) mass is 282 g/mol. The van der Waals surface area contributed by atoms with Gasteiger partial charge in [0, 0.05) is 0 Å². The van der Waals surface area contributed by atoms with Gasteiger partial charge in [-0.15, -0.1) is 0 Å². The molecule has 0 spiro atoms. The Kier molecular flexibility index (Phi) is 6.45. The van der Waals surface area contributed by atoms with Crippen LogP contribution < -0.4 is 11.1 Å². The molecule has 1 rings (SSSR count). The van der Waals surface area contributed by atoms with Crippen LogP contribution in [0.25, 0.3) is 0 Å². The van der Waals surface area contributed by atoms with Crippen molar-refractivity contribution in [2.75, 3.05) is 17.7 Å². The maximum absolute atomic E-state index is 12.9. The van der Waals surface area contributed by atoms with Crippen molar-refractivity contribution in [1.29, 1.82) is 0 Å². The minimum Gasteiger partial charge on any atom is -0.397 e. The van der Waals surface area contributed by atoms with Crippen molar-refractivity contribution in [3.8, 4) is 0 Å². The van der Waals surface area contributed by atoms with Gasteiger partial charge in [-0.3, -0.25) is 4.79 Å². The third-order valence-electron chi connectivity index (χ3n) is 3.05. The molecule has 5 heteroatoms. The lowest BCUT2D eigenvalue weighted by atomic mass is 10.1. The summed E-state index contributed by atoms with van der Waals surface area (Å²) in [5.41, 5.74) is 6.23. The van der Waals surface area contributed by atoms with Crippen LogP contribution in [0.2, 0.25) is 0 Å². The SMILES string of the molecule is CCCC(C)COC(C)C(=O)Nc1ccc(F)cc1N. The third-order valence-corrected chi connectivity index (χ3v) is 3.05. The van der Waals surface area contributed by atoms with Crippen molar-refractivity contribution >= 4 is 17.3 Å². The topological polar surface area (TPSA) is 64.3 Å². The summed E-state index contributed by atoms with van der Waals surface area (Å²) >= 11 is 0. The number of nitrogen functional groups attached to an aromatic ring is 1. The Morgan fingerprint density at radius 2 is 2.15 bits per heavy atom. The lowest BCUT2D eigenvalue weighted by Gasteiger charge is -2.17. The highest BCUT2D eigenvalue weighted by atomic mass is 19.1. The number of nitrogens with one attached hydrogen (secondary N) is 1. The quantitative estimate of drug-likeness (QED) is 0.755. The number of hydrogen-bond donors (Lipinski definition) is 2. The van der Waals surface area contributed by atoms with E-state index in [0.717, 1.165) is 12.8 Å². The first-order valence-corrected chi connectivity index (χ1v) is 6.91. The number of halogens is 1. The van der Waals surface area contributed by atoms with Crippen LogP contribution in [0.15, 0.2) is 18.2 Å². The lowest BCUT2D eigenvalue weighted by Crippen LogP contribution is -2.29. The van der Waals surface area contributed by atoms with Crippen molar-refractivity contribution in [1.82, 2.24) is 0 Å². The number of hydrogen-bond acceptors (Lipinski definition) is 3. The molecule has 0 bridgehead atoms. The number of rotatable bonds is 7. The van der Waals surface area contributed by atoms with Crippen LogP contribution in [-0.4, -0.2) is 18.6 Å². The van der Waals surface area contributed by atoms with Crippen LogP contribution >= 0.6 is 0 Å². The molecule has 2 atom stereocenters. The Balaban J connectivity index is 2.49. The summed E-state index contributed by atoms with van der Waals surface area (Å²) in [6.45, 7) is 6.44. The van der Waals surface area contributed by atoms with E-state index in [1.165, 1.54) is 18.2 Å². The molecule has 0 saturated heterocycles. The van der Waals surface area contributed by atoms with E-state index in [-0.39, 0.29) is 11.6 Å². The van der Waals surface area contributed by atoms with Crippen LogP contribution in [0.3, 0.4) is 0 Å². The number of ether oxygens (including phenoxy) is 1. The second-order valence-electron chi connectivity index (χ2n) is 5.09. The van der Waals surface area contributed by atoms with Crippen LogP contribution in [0, 0.1) is 11.7 Å². The second-order valence-corrected chi connectivity index (χ2v) is 5.09. The van der Waals surface area contributed by atoms with Crippen LogP contribution in [0.1, 0.15) is 33.6 Å². The molecule has 1 aromatic carbocycles. The average molecular weight is 282 g/mol. The molecule has 2 unspecified atom stereocenters. The van der Waals surface area contributed by atoms with Crippen molar-refractivity contribution in [3.63, 3.8) is 0 Å². The molecule has 0 aromatic heterocycles. The highest BCUT2D eigenvalue weighted by molar-refractivity contribution is 5.96. The molecule has 1 amide bonds. The summed E-state index contributed by atoms with van der Waals surface area (Å²) in [5, 5.41) is 2.64. The number of carbonyl (C=O) groups excluding carboxylic acids is 1. The fraction of sp³-hybridized carbons (Fsp3) is 0.533. The molecule has 1 aromatic rings. The predicted molar refractivity (Wildman–Crippen MR) is 78.9 cm³/mol. The van der Waals surface area contributed by atoms with Gasteiger partial charge < -0.3 is 15.8 Å². The van der Waals surface area contributed by atoms with Crippen LogP contribution in [0.4, 0.5) is 15.8 Å². The first kappa shape index (κ1) is 16.4. The Bertz CT molecular complexity index is 451. The summed E-state index contributed by atoms with van der Waals surface area (Å²) < 4.78 is 18.4. The number of benzene rings is 1. The summed E-state index contributed by atoms with van der Waals surface area (Å²) in [6.07, 6.45) is 1.59. The zero-order valence-electron chi connectivity index (χ0n) is 12.3. The van der Waals surface area contributed by atoms with Crippen LogP contribution in [0.5, 0.6) is 0 Å². The molecular formula is C15H23FN2O2. The second kappa shape index (κ2) is 7.85. The number of amides is 1. The first-order valence-electron chi connectivity index (χ1n) is 6.91. The molecule has 112 valence electrons. The van der Waals surface area contributed by atoms with Gasteiger partial charge in [0.15, 0.2) is 0 Å². The fourth-order valence-electron chi connectivity index (χ4n) is 1.84. The van der Waals surface area contributed by atoms with Crippen LogP contribution in [-0.2, 0) is 9.53 Å². The van der Waals surface area contributed by atoms with E-state index in [4.69, 9.17) is 10.5 Å².